The number of amides is 2. The zero-order chi connectivity index (χ0) is 15.0. The molecule has 1 aromatic carbocycles. The van der Waals surface area contributed by atoms with E-state index in [1.54, 1.807) is 18.2 Å². The molecule has 2 amide bonds. The molecular formula is C15H19Cl2N3O. The molecule has 21 heavy (non-hydrogen) atoms. The van der Waals surface area contributed by atoms with Gasteiger partial charge in [0.2, 0.25) is 0 Å². The molecular weight excluding hydrogens is 309 g/mol. The maximum atomic E-state index is 12.4. The molecule has 114 valence electrons. The van der Waals surface area contributed by atoms with Crippen LogP contribution in [0, 0.1) is 11.8 Å². The highest BCUT2D eigenvalue weighted by Gasteiger charge is 2.38. The van der Waals surface area contributed by atoms with Gasteiger partial charge in [0.1, 0.15) is 0 Å². The van der Waals surface area contributed by atoms with Crippen molar-refractivity contribution in [3.05, 3.63) is 28.2 Å². The van der Waals surface area contributed by atoms with Crippen molar-refractivity contribution in [2.24, 2.45) is 17.6 Å². The van der Waals surface area contributed by atoms with Gasteiger partial charge in [0.25, 0.3) is 0 Å². The number of fused-ring (bicyclic) bond motifs is 1. The van der Waals surface area contributed by atoms with Crippen LogP contribution < -0.4 is 11.1 Å². The third-order valence-electron chi connectivity index (χ3n) is 4.49. The number of likely N-dealkylation sites (tertiary alicyclic amines) is 1. The molecule has 1 unspecified atom stereocenters. The average molecular weight is 328 g/mol. The normalized spacial score (nSPS) is 28.3. The number of halogens is 2. The Morgan fingerprint density at radius 2 is 1.81 bits per heavy atom. The first-order chi connectivity index (χ1) is 10.0. The first-order valence-corrected chi connectivity index (χ1v) is 8.04. The summed E-state index contributed by atoms with van der Waals surface area (Å²) in [5.74, 6) is 1.14. The fourth-order valence-corrected chi connectivity index (χ4v) is 3.99. The van der Waals surface area contributed by atoms with E-state index in [1.165, 1.54) is 0 Å². The molecule has 4 nitrogen and oxygen atoms in total. The summed E-state index contributed by atoms with van der Waals surface area (Å²) in [5.41, 5.74) is 6.65. The van der Waals surface area contributed by atoms with Gasteiger partial charge in [-0.1, -0.05) is 23.2 Å². The maximum absolute atomic E-state index is 12.4. The minimum Gasteiger partial charge on any atom is -0.328 e. The Morgan fingerprint density at radius 1 is 1.14 bits per heavy atom. The second-order valence-corrected chi connectivity index (χ2v) is 6.96. The minimum absolute atomic E-state index is 0.0868. The van der Waals surface area contributed by atoms with Gasteiger partial charge in [0.05, 0.1) is 0 Å². The lowest BCUT2D eigenvalue weighted by molar-refractivity contribution is 0.220. The predicted molar refractivity (Wildman–Crippen MR) is 85.9 cm³/mol. The van der Waals surface area contributed by atoms with Gasteiger partial charge in [-0.25, -0.2) is 4.79 Å². The molecule has 3 atom stereocenters. The molecule has 0 bridgehead atoms. The van der Waals surface area contributed by atoms with E-state index < -0.39 is 0 Å². The number of hydrogen-bond acceptors (Lipinski definition) is 2. The number of rotatable bonds is 1. The molecule has 2 aliphatic rings. The van der Waals surface area contributed by atoms with E-state index in [1.807, 2.05) is 4.90 Å². The molecule has 0 radical (unpaired) electrons. The molecule has 1 saturated carbocycles. The minimum atomic E-state index is -0.0868. The lowest BCUT2D eigenvalue weighted by Gasteiger charge is -2.27. The zero-order valence-corrected chi connectivity index (χ0v) is 13.2. The molecule has 1 heterocycles. The van der Waals surface area contributed by atoms with Crippen LogP contribution in [0.2, 0.25) is 10.0 Å². The van der Waals surface area contributed by atoms with Crippen molar-refractivity contribution < 1.29 is 4.79 Å². The topological polar surface area (TPSA) is 58.4 Å². The predicted octanol–water partition coefficient (Wildman–Crippen LogP) is 3.58. The maximum Gasteiger partial charge on any atom is 0.321 e. The van der Waals surface area contributed by atoms with E-state index in [9.17, 15) is 4.79 Å². The SMILES string of the molecule is NC1CC[C@@H]2CN(C(=O)Nc3cc(Cl)cc(Cl)c3)C[C@@H]2C1. The zero-order valence-electron chi connectivity index (χ0n) is 11.7. The fourth-order valence-electron chi connectivity index (χ4n) is 3.46. The van der Waals surface area contributed by atoms with E-state index >= 15 is 0 Å². The summed E-state index contributed by atoms with van der Waals surface area (Å²) in [6.45, 7) is 1.61. The Bertz CT molecular complexity index is 531. The Morgan fingerprint density at radius 3 is 2.52 bits per heavy atom. The average Bonchev–Trinajstić information content (AvgIpc) is 2.80. The van der Waals surface area contributed by atoms with Crippen LogP contribution in [0.5, 0.6) is 0 Å². The van der Waals surface area contributed by atoms with Crippen molar-refractivity contribution in [1.82, 2.24) is 4.90 Å². The molecule has 3 rings (SSSR count). The quantitative estimate of drug-likeness (QED) is 0.828. The first kappa shape index (κ1) is 14.9. The highest BCUT2D eigenvalue weighted by Crippen LogP contribution is 2.36. The third-order valence-corrected chi connectivity index (χ3v) is 4.93. The molecule has 1 aromatic rings. The van der Waals surface area contributed by atoms with Gasteiger partial charge in [-0.3, -0.25) is 0 Å². The number of hydrogen-bond donors (Lipinski definition) is 2. The highest BCUT2D eigenvalue weighted by atomic mass is 35.5. The first-order valence-electron chi connectivity index (χ1n) is 7.29. The number of nitrogens with one attached hydrogen (secondary N) is 1. The fraction of sp³-hybridized carbons (Fsp3) is 0.533. The van der Waals surface area contributed by atoms with Gasteiger partial charge < -0.3 is 16.0 Å². The second kappa shape index (κ2) is 6.03. The number of nitrogens with zero attached hydrogens (tertiary/aromatic N) is 1. The molecule has 1 aliphatic heterocycles. The summed E-state index contributed by atoms with van der Waals surface area (Å²) in [6.07, 6.45) is 3.22. The van der Waals surface area contributed by atoms with E-state index in [0.717, 1.165) is 32.4 Å². The summed E-state index contributed by atoms with van der Waals surface area (Å²) in [5, 5.41) is 3.90. The number of benzene rings is 1. The Labute approximate surface area is 134 Å². The Balaban J connectivity index is 1.64. The van der Waals surface area contributed by atoms with E-state index in [2.05, 4.69) is 5.32 Å². The van der Waals surface area contributed by atoms with Crippen molar-refractivity contribution in [2.75, 3.05) is 18.4 Å². The van der Waals surface area contributed by atoms with E-state index in [0.29, 0.717) is 33.6 Å². The van der Waals surface area contributed by atoms with Gasteiger partial charge in [0, 0.05) is 34.9 Å². The second-order valence-electron chi connectivity index (χ2n) is 6.09. The van der Waals surface area contributed by atoms with Crippen molar-refractivity contribution in [3.8, 4) is 0 Å². The molecule has 6 heteroatoms. The molecule has 0 spiro atoms. The van der Waals surface area contributed by atoms with Gasteiger partial charge in [-0.05, 0) is 49.3 Å². The lowest BCUT2D eigenvalue weighted by atomic mass is 9.79. The monoisotopic (exact) mass is 327 g/mol. The van der Waals surface area contributed by atoms with Gasteiger partial charge in [-0.2, -0.15) is 0 Å². The van der Waals surface area contributed by atoms with Crippen LogP contribution in [0.25, 0.3) is 0 Å². The van der Waals surface area contributed by atoms with Crippen LogP contribution in [0.15, 0.2) is 18.2 Å². The van der Waals surface area contributed by atoms with Crippen LogP contribution in [0.1, 0.15) is 19.3 Å². The lowest BCUT2D eigenvalue weighted by Crippen LogP contribution is -2.33. The third kappa shape index (κ3) is 3.44. The number of anilines is 1. The van der Waals surface area contributed by atoms with Crippen molar-refractivity contribution >= 4 is 34.9 Å². The van der Waals surface area contributed by atoms with E-state index in [4.69, 9.17) is 28.9 Å². The van der Waals surface area contributed by atoms with Crippen LogP contribution in [-0.4, -0.2) is 30.1 Å². The number of carbonyl (C=O) groups is 1. The van der Waals surface area contributed by atoms with Crippen molar-refractivity contribution in [1.29, 1.82) is 0 Å². The number of nitrogens with two attached hydrogens (primary N) is 1. The van der Waals surface area contributed by atoms with Gasteiger partial charge in [0.15, 0.2) is 0 Å². The van der Waals surface area contributed by atoms with Crippen molar-refractivity contribution in [2.45, 2.75) is 25.3 Å². The van der Waals surface area contributed by atoms with E-state index in [-0.39, 0.29) is 6.03 Å². The highest BCUT2D eigenvalue weighted by molar-refractivity contribution is 6.35. The van der Waals surface area contributed by atoms with Gasteiger partial charge >= 0.3 is 6.03 Å². The number of carbonyl (C=O) groups excluding carboxylic acids is 1. The smallest absolute Gasteiger partial charge is 0.321 e. The Hall–Kier alpha value is -0.970. The summed E-state index contributed by atoms with van der Waals surface area (Å²) >= 11 is 11.9. The molecule has 1 aliphatic carbocycles. The standard InChI is InChI=1S/C15H19Cl2N3O/c16-11-4-12(17)6-14(5-11)19-15(21)20-7-9-1-2-13(18)3-10(9)8-20/h4-6,9-10,13H,1-3,7-8,18H2,(H,19,21)/t9-,10+,13?/m1/s1. The summed E-state index contributed by atoms with van der Waals surface area (Å²) in [6, 6.07) is 5.25. The van der Waals surface area contributed by atoms with Crippen LogP contribution in [-0.2, 0) is 0 Å². The van der Waals surface area contributed by atoms with Crippen LogP contribution >= 0.6 is 23.2 Å². The van der Waals surface area contributed by atoms with Crippen LogP contribution in [0.3, 0.4) is 0 Å². The molecule has 2 fully saturated rings. The largest absolute Gasteiger partial charge is 0.328 e. The molecule has 3 N–H and O–H groups in total. The molecule has 1 saturated heterocycles. The summed E-state index contributed by atoms with van der Waals surface area (Å²) in [4.78, 5) is 14.2. The van der Waals surface area contributed by atoms with Crippen molar-refractivity contribution in [3.63, 3.8) is 0 Å². The summed E-state index contributed by atoms with van der Waals surface area (Å²) in [7, 11) is 0. The van der Waals surface area contributed by atoms with Crippen LogP contribution in [0.4, 0.5) is 10.5 Å². The Kier molecular flexibility index (Phi) is 4.29. The van der Waals surface area contributed by atoms with Gasteiger partial charge in [-0.15, -0.1) is 0 Å². The molecule has 0 aromatic heterocycles. The summed E-state index contributed by atoms with van der Waals surface area (Å²) < 4.78 is 0. The number of urea groups is 1.